The van der Waals surface area contributed by atoms with E-state index >= 15 is 0 Å². The fraction of sp³-hybridized carbons (Fsp3) is 1.00. The molecule has 0 heterocycles. The van der Waals surface area contributed by atoms with Crippen molar-refractivity contribution in [2.45, 2.75) is 10.6 Å². The standard InChI is InChI=1S/C3H4Cl4O2/c4-1-2(8)3(5,6)9-7/h2,8H,1H2. The average Bonchev–Trinajstić information content (AvgIpc) is 1.86. The molecule has 0 aromatic carbocycles. The summed E-state index contributed by atoms with van der Waals surface area (Å²) in [6.07, 6.45) is -1.19. The van der Waals surface area contributed by atoms with Gasteiger partial charge >= 0.3 is 0 Å². The van der Waals surface area contributed by atoms with E-state index in [1.807, 2.05) is 0 Å². The Morgan fingerprint density at radius 3 is 2.11 bits per heavy atom. The molecule has 0 aromatic heterocycles. The molecule has 0 radical (unpaired) electrons. The molecule has 1 atom stereocenters. The van der Waals surface area contributed by atoms with E-state index in [0.29, 0.717) is 0 Å². The van der Waals surface area contributed by atoms with E-state index in [1.165, 1.54) is 0 Å². The van der Waals surface area contributed by atoms with Gasteiger partial charge in [0.2, 0.25) is 0 Å². The SMILES string of the molecule is OC(CCl)C(Cl)(Cl)OCl. The molecule has 0 aliphatic carbocycles. The Labute approximate surface area is 72.8 Å². The van der Waals surface area contributed by atoms with Crippen molar-refractivity contribution in [1.82, 2.24) is 0 Å². The quantitative estimate of drug-likeness (QED) is 0.726. The zero-order chi connectivity index (χ0) is 7.49. The molecule has 1 N–H and O–H groups in total. The van der Waals surface area contributed by atoms with Crippen LogP contribution < -0.4 is 0 Å². The van der Waals surface area contributed by atoms with Gasteiger partial charge in [-0.05, 0) is 0 Å². The summed E-state index contributed by atoms with van der Waals surface area (Å²) in [6.45, 7) is 0. The topological polar surface area (TPSA) is 29.5 Å². The number of rotatable bonds is 3. The third-order valence-corrected chi connectivity index (χ3v) is 1.99. The van der Waals surface area contributed by atoms with Crippen molar-refractivity contribution in [3.63, 3.8) is 0 Å². The summed E-state index contributed by atoms with van der Waals surface area (Å²) < 4.78 is 2.14. The minimum Gasteiger partial charge on any atom is -0.386 e. The van der Waals surface area contributed by atoms with Gasteiger partial charge in [-0.25, -0.2) is 4.29 Å². The second-order valence-electron chi connectivity index (χ2n) is 1.31. The lowest BCUT2D eigenvalue weighted by Crippen LogP contribution is -2.32. The molecule has 9 heavy (non-hydrogen) atoms. The summed E-state index contributed by atoms with van der Waals surface area (Å²) in [7, 11) is 0. The Morgan fingerprint density at radius 1 is 1.56 bits per heavy atom. The normalized spacial score (nSPS) is 15.7. The van der Waals surface area contributed by atoms with Crippen LogP contribution in [0.25, 0.3) is 0 Å². The first-order chi connectivity index (χ1) is 4.04. The molecule has 6 heteroatoms. The molecule has 0 saturated carbocycles. The van der Waals surface area contributed by atoms with Gasteiger partial charge in [-0.1, -0.05) is 23.2 Å². The van der Waals surface area contributed by atoms with Crippen molar-refractivity contribution in [3.8, 4) is 0 Å². The molecule has 0 spiro atoms. The molecule has 0 amide bonds. The monoisotopic (exact) mass is 212 g/mol. The van der Waals surface area contributed by atoms with Crippen molar-refractivity contribution >= 4 is 46.7 Å². The first-order valence-corrected chi connectivity index (χ1v) is 3.56. The predicted octanol–water partition coefficient (Wildman–Crippen LogP) is 1.89. The smallest absolute Gasteiger partial charge is 0.262 e. The van der Waals surface area contributed by atoms with Gasteiger partial charge in [0.15, 0.2) is 0 Å². The lowest BCUT2D eigenvalue weighted by molar-refractivity contribution is 0.0805. The number of aliphatic hydroxyl groups is 1. The third-order valence-electron chi connectivity index (χ3n) is 0.637. The summed E-state index contributed by atoms with van der Waals surface area (Å²) in [5.74, 6) is -0.139. The first kappa shape index (κ1) is 10.1. The molecule has 0 bridgehead atoms. The second-order valence-corrected chi connectivity index (χ2v) is 3.09. The number of hydrogen-bond donors (Lipinski definition) is 1. The third kappa shape index (κ3) is 3.12. The van der Waals surface area contributed by atoms with Crippen molar-refractivity contribution < 1.29 is 9.40 Å². The van der Waals surface area contributed by atoms with E-state index in [-0.39, 0.29) is 5.88 Å². The highest BCUT2D eigenvalue weighted by Crippen LogP contribution is 2.28. The molecule has 0 aromatic rings. The molecule has 1 unspecified atom stereocenters. The molecular weight excluding hydrogens is 210 g/mol. The first-order valence-electron chi connectivity index (χ1n) is 1.96. The van der Waals surface area contributed by atoms with Gasteiger partial charge in [0.1, 0.15) is 6.10 Å². The highest BCUT2D eigenvalue weighted by molar-refractivity contribution is 6.49. The summed E-state index contributed by atoms with van der Waals surface area (Å²) in [5, 5.41) is 8.78. The molecule has 56 valence electrons. The largest absolute Gasteiger partial charge is 0.386 e. The summed E-state index contributed by atoms with van der Waals surface area (Å²) in [6, 6.07) is 0. The van der Waals surface area contributed by atoms with E-state index in [1.54, 1.807) is 0 Å². The van der Waals surface area contributed by atoms with Crippen LogP contribution in [-0.4, -0.2) is 21.6 Å². The van der Waals surface area contributed by atoms with E-state index in [4.69, 9.17) is 51.8 Å². The van der Waals surface area contributed by atoms with Crippen LogP contribution in [0.15, 0.2) is 0 Å². The molecule has 0 rings (SSSR count). The zero-order valence-corrected chi connectivity index (χ0v) is 7.18. The lowest BCUT2D eigenvalue weighted by atomic mass is 10.4. The van der Waals surface area contributed by atoms with Crippen LogP contribution >= 0.6 is 46.7 Å². The molecule has 0 aliphatic rings. The van der Waals surface area contributed by atoms with Crippen LogP contribution in [0.5, 0.6) is 0 Å². The van der Waals surface area contributed by atoms with Crippen LogP contribution in [0, 0.1) is 0 Å². The van der Waals surface area contributed by atoms with Crippen molar-refractivity contribution in [1.29, 1.82) is 0 Å². The highest BCUT2D eigenvalue weighted by atomic mass is 35.5. The van der Waals surface area contributed by atoms with Crippen LogP contribution in [-0.2, 0) is 4.29 Å². The molecule has 0 fully saturated rings. The predicted molar refractivity (Wildman–Crippen MR) is 38.1 cm³/mol. The van der Waals surface area contributed by atoms with E-state index in [0.717, 1.165) is 0 Å². The highest BCUT2D eigenvalue weighted by Gasteiger charge is 2.34. The summed E-state index contributed by atoms with van der Waals surface area (Å²) in [5.41, 5.74) is 0. The maximum atomic E-state index is 8.78. The maximum Gasteiger partial charge on any atom is 0.262 e. The Balaban J connectivity index is 3.80. The van der Waals surface area contributed by atoms with Gasteiger partial charge in [-0.3, -0.25) is 0 Å². The van der Waals surface area contributed by atoms with Gasteiger partial charge in [0.25, 0.3) is 4.52 Å². The zero-order valence-electron chi connectivity index (χ0n) is 4.15. The molecule has 0 aliphatic heterocycles. The number of halogens is 4. The van der Waals surface area contributed by atoms with Gasteiger partial charge in [-0.2, -0.15) is 0 Å². The van der Waals surface area contributed by atoms with Gasteiger partial charge in [0, 0.05) is 0 Å². The average molecular weight is 214 g/mol. The van der Waals surface area contributed by atoms with Crippen LogP contribution in [0.1, 0.15) is 0 Å². The maximum absolute atomic E-state index is 8.78. The van der Waals surface area contributed by atoms with Gasteiger partial charge in [0.05, 0.1) is 17.7 Å². The van der Waals surface area contributed by atoms with Crippen molar-refractivity contribution in [2.75, 3.05) is 5.88 Å². The van der Waals surface area contributed by atoms with E-state index < -0.39 is 10.6 Å². The Bertz CT molecular complexity index is 85.9. The molecule has 2 nitrogen and oxygen atoms in total. The lowest BCUT2D eigenvalue weighted by Gasteiger charge is -2.19. The van der Waals surface area contributed by atoms with Crippen LogP contribution in [0.4, 0.5) is 0 Å². The van der Waals surface area contributed by atoms with Gasteiger partial charge < -0.3 is 5.11 Å². The second kappa shape index (κ2) is 4.06. The van der Waals surface area contributed by atoms with E-state index in [2.05, 4.69) is 4.29 Å². The minimum absolute atomic E-state index is 0.139. The summed E-state index contributed by atoms with van der Waals surface area (Å²) >= 11 is 20.4. The Morgan fingerprint density at radius 2 is 2.00 bits per heavy atom. The number of aliphatic hydroxyl groups excluding tert-OH is 1. The Hall–Kier alpha value is 1.08. The number of hydrogen-bond acceptors (Lipinski definition) is 2. The van der Waals surface area contributed by atoms with Gasteiger partial charge in [-0.15, -0.1) is 11.6 Å². The Kier molecular flexibility index (Phi) is 4.55. The fourth-order valence-electron chi connectivity index (χ4n) is 0.141. The van der Waals surface area contributed by atoms with Crippen LogP contribution in [0.3, 0.4) is 0 Å². The van der Waals surface area contributed by atoms with Crippen LogP contribution in [0.2, 0.25) is 0 Å². The fourth-order valence-corrected chi connectivity index (χ4v) is 0.774. The molecular formula is C3H4Cl4O2. The van der Waals surface area contributed by atoms with E-state index in [9.17, 15) is 0 Å². The van der Waals surface area contributed by atoms with Crippen molar-refractivity contribution in [3.05, 3.63) is 0 Å². The molecule has 0 saturated heterocycles. The van der Waals surface area contributed by atoms with Crippen molar-refractivity contribution in [2.24, 2.45) is 0 Å². The number of alkyl halides is 3. The summed E-state index contributed by atoms with van der Waals surface area (Å²) in [4.78, 5) is 0. The minimum atomic E-state index is -1.82.